The fourth-order valence-electron chi connectivity index (χ4n) is 1.90. The maximum atomic E-state index is 11.9. The van der Waals surface area contributed by atoms with Gasteiger partial charge in [0.05, 0.1) is 0 Å². The van der Waals surface area contributed by atoms with Crippen LogP contribution in [0.4, 0.5) is 5.69 Å². The van der Waals surface area contributed by atoms with Crippen LogP contribution in [0.5, 0.6) is 0 Å². The molecule has 0 aliphatic rings. The van der Waals surface area contributed by atoms with E-state index in [2.05, 4.69) is 5.32 Å². The van der Waals surface area contributed by atoms with Crippen molar-refractivity contribution < 1.29 is 9.00 Å². The van der Waals surface area contributed by atoms with Crippen molar-refractivity contribution >= 4 is 40.1 Å². The molecular weight excluding hydrogens is 318 g/mol. The molecule has 0 bridgehead atoms. The van der Waals surface area contributed by atoms with Gasteiger partial charge in [0.2, 0.25) is 5.91 Å². The number of rotatable bonds is 5. The van der Waals surface area contributed by atoms with Gasteiger partial charge in [-0.25, -0.2) is 0 Å². The second-order valence-corrected chi connectivity index (χ2v) is 6.60. The Morgan fingerprint density at radius 3 is 2.64 bits per heavy atom. The molecule has 1 amide bonds. The van der Waals surface area contributed by atoms with Gasteiger partial charge < -0.3 is 5.32 Å². The standard InChI is InChI=1S/C17H16ClNO2S/c1-22(21)12-14-11-15(8-9-16(14)18)19-17(20)10-7-13-5-3-2-4-6-13/h2-11H,12H2,1H3,(H,19,20)/b10-7-/t22-/m1/s1. The number of carbonyl (C=O) groups is 1. The summed E-state index contributed by atoms with van der Waals surface area (Å²) in [7, 11) is -0.987. The quantitative estimate of drug-likeness (QED) is 0.844. The second-order valence-electron chi connectivity index (χ2n) is 4.76. The number of anilines is 1. The minimum Gasteiger partial charge on any atom is -0.323 e. The molecule has 0 radical (unpaired) electrons. The van der Waals surface area contributed by atoms with Crippen LogP contribution in [0.1, 0.15) is 11.1 Å². The Hall–Kier alpha value is -1.91. The first-order chi connectivity index (χ1) is 10.5. The number of amides is 1. The molecule has 0 saturated carbocycles. The first kappa shape index (κ1) is 16.5. The van der Waals surface area contributed by atoms with E-state index in [9.17, 15) is 9.00 Å². The van der Waals surface area contributed by atoms with Gasteiger partial charge in [-0.15, -0.1) is 0 Å². The van der Waals surface area contributed by atoms with E-state index in [4.69, 9.17) is 11.6 Å². The summed E-state index contributed by atoms with van der Waals surface area (Å²) in [6, 6.07) is 14.7. The van der Waals surface area contributed by atoms with Crippen LogP contribution in [0.3, 0.4) is 0 Å². The zero-order valence-electron chi connectivity index (χ0n) is 12.1. The third-order valence-corrected chi connectivity index (χ3v) is 3.99. The van der Waals surface area contributed by atoms with Crippen LogP contribution in [-0.4, -0.2) is 16.4 Å². The second kappa shape index (κ2) is 7.92. The van der Waals surface area contributed by atoms with E-state index in [-0.39, 0.29) is 5.91 Å². The topological polar surface area (TPSA) is 46.2 Å². The molecule has 2 aromatic rings. The molecule has 0 fully saturated rings. The van der Waals surface area contributed by atoms with E-state index in [0.29, 0.717) is 16.5 Å². The average Bonchev–Trinajstić information content (AvgIpc) is 2.49. The molecule has 0 aliphatic heterocycles. The molecule has 22 heavy (non-hydrogen) atoms. The molecule has 2 aromatic carbocycles. The molecule has 0 spiro atoms. The van der Waals surface area contributed by atoms with E-state index in [1.807, 2.05) is 30.3 Å². The maximum Gasteiger partial charge on any atom is 0.248 e. The summed E-state index contributed by atoms with van der Waals surface area (Å²) < 4.78 is 11.3. The van der Waals surface area contributed by atoms with Gasteiger partial charge in [0.15, 0.2) is 0 Å². The largest absolute Gasteiger partial charge is 0.323 e. The van der Waals surface area contributed by atoms with Crippen LogP contribution in [0.25, 0.3) is 6.08 Å². The van der Waals surface area contributed by atoms with Crippen molar-refractivity contribution in [2.24, 2.45) is 0 Å². The van der Waals surface area contributed by atoms with E-state index in [1.165, 1.54) is 6.08 Å². The van der Waals surface area contributed by atoms with Crippen molar-refractivity contribution in [3.05, 3.63) is 70.8 Å². The van der Waals surface area contributed by atoms with Crippen LogP contribution in [0.15, 0.2) is 54.6 Å². The normalized spacial score (nSPS) is 12.3. The predicted molar refractivity (Wildman–Crippen MR) is 93.3 cm³/mol. The summed E-state index contributed by atoms with van der Waals surface area (Å²) in [6.07, 6.45) is 4.83. The van der Waals surface area contributed by atoms with Crippen molar-refractivity contribution in [2.75, 3.05) is 11.6 Å². The zero-order chi connectivity index (χ0) is 15.9. The molecule has 0 heterocycles. The Balaban J connectivity index is 2.05. The molecule has 1 N–H and O–H groups in total. The van der Waals surface area contributed by atoms with E-state index in [1.54, 1.807) is 30.5 Å². The van der Waals surface area contributed by atoms with E-state index >= 15 is 0 Å². The van der Waals surface area contributed by atoms with Crippen LogP contribution in [-0.2, 0) is 21.3 Å². The lowest BCUT2D eigenvalue weighted by Gasteiger charge is -2.07. The summed E-state index contributed by atoms with van der Waals surface area (Å²) in [5.41, 5.74) is 2.34. The summed E-state index contributed by atoms with van der Waals surface area (Å²) in [4.78, 5) is 11.9. The molecule has 3 nitrogen and oxygen atoms in total. The minimum atomic E-state index is -0.987. The Kier molecular flexibility index (Phi) is 5.92. The number of benzene rings is 2. The lowest BCUT2D eigenvalue weighted by atomic mass is 10.2. The molecule has 0 aromatic heterocycles. The first-order valence-electron chi connectivity index (χ1n) is 6.67. The molecule has 5 heteroatoms. The average molecular weight is 334 g/mol. The SMILES string of the molecule is C[S@@](=O)Cc1cc(NC(=O)/C=C\c2ccccc2)ccc1Cl. The van der Waals surface area contributed by atoms with E-state index < -0.39 is 10.8 Å². The van der Waals surface area contributed by atoms with Crippen molar-refractivity contribution in [2.45, 2.75) is 5.75 Å². The van der Waals surface area contributed by atoms with Crippen LogP contribution >= 0.6 is 11.6 Å². The number of carbonyl (C=O) groups excluding carboxylic acids is 1. The van der Waals surface area contributed by atoms with Gasteiger partial charge in [-0.3, -0.25) is 9.00 Å². The Morgan fingerprint density at radius 2 is 1.95 bits per heavy atom. The van der Waals surface area contributed by atoms with Crippen LogP contribution in [0.2, 0.25) is 5.02 Å². The summed E-state index contributed by atoms with van der Waals surface area (Å²) in [6.45, 7) is 0. The lowest BCUT2D eigenvalue weighted by molar-refractivity contribution is -0.111. The third-order valence-electron chi connectivity index (χ3n) is 2.90. The van der Waals surface area contributed by atoms with Crippen molar-refractivity contribution in [1.29, 1.82) is 0 Å². The van der Waals surface area contributed by atoms with Gasteiger partial charge >= 0.3 is 0 Å². The monoisotopic (exact) mass is 333 g/mol. The van der Waals surface area contributed by atoms with Gasteiger partial charge in [-0.1, -0.05) is 41.9 Å². The highest BCUT2D eigenvalue weighted by molar-refractivity contribution is 7.83. The summed E-state index contributed by atoms with van der Waals surface area (Å²) in [5, 5.41) is 3.32. The van der Waals surface area contributed by atoms with Gasteiger partial charge in [0.1, 0.15) is 0 Å². The van der Waals surface area contributed by atoms with Crippen LogP contribution < -0.4 is 5.32 Å². The lowest BCUT2D eigenvalue weighted by Crippen LogP contribution is -2.08. The predicted octanol–water partition coefficient (Wildman–Crippen LogP) is 3.87. The zero-order valence-corrected chi connectivity index (χ0v) is 13.7. The fraction of sp³-hybridized carbons (Fsp3) is 0.118. The van der Waals surface area contributed by atoms with E-state index in [0.717, 1.165) is 11.1 Å². The number of hydrogen-bond donors (Lipinski definition) is 1. The van der Waals surface area contributed by atoms with Crippen molar-refractivity contribution in [3.63, 3.8) is 0 Å². The van der Waals surface area contributed by atoms with Gasteiger partial charge in [-0.2, -0.15) is 0 Å². The van der Waals surface area contributed by atoms with Crippen molar-refractivity contribution in [1.82, 2.24) is 0 Å². The van der Waals surface area contributed by atoms with Crippen molar-refractivity contribution in [3.8, 4) is 0 Å². The number of halogens is 1. The minimum absolute atomic E-state index is 0.227. The summed E-state index contributed by atoms with van der Waals surface area (Å²) in [5.74, 6) is 0.136. The highest BCUT2D eigenvalue weighted by Crippen LogP contribution is 2.21. The molecule has 2 rings (SSSR count). The molecule has 0 aliphatic carbocycles. The molecule has 0 unspecified atom stereocenters. The number of hydrogen-bond acceptors (Lipinski definition) is 2. The van der Waals surface area contributed by atoms with Gasteiger partial charge in [0, 0.05) is 39.6 Å². The Labute approximate surface area is 137 Å². The first-order valence-corrected chi connectivity index (χ1v) is 8.77. The molecule has 1 atom stereocenters. The van der Waals surface area contributed by atoms with Crippen LogP contribution in [0, 0.1) is 0 Å². The third kappa shape index (κ3) is 5.13. The fourth-order valence-corrected chi connectivity index (χ4v) is 2.84. The molecular formula is C17H16ClNO2S. The van der Waals surface area contributed by atoms with Gasteiger partial charge in [0.25, 0.3) is 0 Å². The highest BCUT2D eigenvalue weighted by atomic mass is 35.5. The highest BCUT2D eigenvalue weighted by Gasteiger charge is 2.05. The summed E-state index contributed by atoms with van der Waals surface area (Å²) >= 11 is 6.06. The smallest absolute Gasteiger partial charge is 0.248 e. The van der Waals surface area contributed by atoms with Gasteiger partial charge in [-0.05, 0) is 35.4 Å². The maximum absolute atomic E-state index is 11.9. The molecule has 114 valence electrons. The Morgan fingerprint density at radius 1 is 1.23 bits per heavy atom. The molecule has 0 saturated heterocycles. The number of nitrogens with one attached hydrogen (secondary N) is 1. The Bertz CT molecular complexity index is 714.